The van der Waals surface area contributed by atoms with Gasteiger partial charge >= 0.3 is 0 Å². The van der Waals surface area contributed by atoms with Gasteiger partial charge in [0.15, 0.2) is 5.82 Å². The van der Waals surface area contributed by atoms with Gasteiger partial charge < -0.3 is 5.73 Å². The third-order valence-electron chi connectivity index (χ3n) is 7.99. The second kappa shape index (κ2) is 7.59. The fourth-order valence-electron chi connectivity index (χ4n) is 6.18. The molecule has 1 saturated carbocycles. The second-order valence-corrected chi connectivity index (χ2v) is 9.88. The van der Waals surface area contributed by atoms with Gasteiger partial charge in [0.25, 0.3) is 0 Å². The molecule has 2 atom stereocenters. The Morgan fingerprint density at radius 3 is 2.61 bits per heavy atom. The van der Waals surface area contributed by atoms with E-state index in [9.17, 15) is 14.0 Å². The summed E-state index contributed by atoms with van der Waals surface area (Å²) in [7, 11) is 0. The quantitative estimate of drug-likeness (QED) is 0.441. The van der Waals surface area contributed by atoms with Gasteiger partial charge in [-0.2, -0.15) is 10.4 Å². The van der Waals surface area contributed by atoms with Crippen LogP contribution in [0.5, 0.6) is 0 Å². The molecule has 1 fully saturated rings. The first kappa shape index (κ1) is 22.2. The Labute approximate surface area is 206 Å². The van der Waals surface area contributed by atoms with Gasteiger partial charge in [-0.3, -0.25) is 0 Å². The molecule has 2 bridgehead atoms. The molecule has 1 aromatic carbocycles. The number of hydrogen-bond acceptors (Lipinski definition) is 7. The molecule has 0 unspecified atom stereocenters. The molecule has 0 aliphatic heterocycles. The van der Waals surface area contributed by atoms with Crippen LogP contribution in [0.3, 0.4) is 0 Å². The molecule has 7 nitrogen and oxygen atoms in total. The highest BCUT2D eigenvalue weighted by Gasteiger charge is 2.65. The zero-order valence-electron chi connectivity index (χ0n) is 19.6. The van der Waals surface area contributed by atoms with E-state index in [0.29, 0.717) is 11.4 Å². The van der Waals surface area contributed by atoms with Crippen molar-refractivity contribution in [2.24, 2.45) is 5.41 Å². The number of rotatable bonds is 3. The molecule has 36 heavy (non-hydrogen) atoms. The number of nitrogen functional groups attached to an aromatic ring is 1. The first-order valence-corrected chi connectivity index (χ1v) is 11.6. The molecule has 178 valence electrons. The minimum absolute atomic E-state index is 0.124. The van der Waals surface area contributed by atoms with E-state index in [1.54, 1.807) is 24.5 Å². The lowest BCUT2D eigenvalue weighted by Gasteiger charge is -2.37. The van der Waals surface area contributed by atoms with Crippen molar-refractivity contribution in [3.05, 3.63) is 82.9 Å². The molecule has 0 saturated heterocycles. The largest absolute Gasteiger partial charge is 0.383 e. The number of hydrogen-bond donors (Lipinski definition) is 1. The zero-order chi connectivity index (χ0) is 25.2. The van der Waals surface area contributed by atoms with Crippen molar-refractivity contribution in [3.8, 4) is 28.7 Å². The van der Waals surface area contributed by atoms with Gasteiger partial charge in [-0.25, -0.2) is 23.7 Å². The molecule has 3 heterocycles. The summed E-state index contributed by atoms with van der Waals surface area (Å²) in [5, 5.41) is 18.2. The molecule has 4 aromatic rings. The molecule has 3 aromatic heterocycles. The number of aromatic nitrogens is 5. The van der Waals surface area contributed by atoms with Gasteiger partial charge in [0.1, 0.15) is 23.5 Å². The predicted molar refractivity (Wildman–Crippen MR) is 128 cm³/mol. The van der Waals surface area contributed by atoms with Crippen molar-refractivity contribution in [1.82, 2.24) is 25.1 Å². The SMILES string of the molecule is CC1(C)[C@H]2CC[C@]1(c1ccnc(-c3cnc(N)c(C#N)c3)n1)c1nnc(-c3c(F)cccc3F)cc12. The molecule has 0 radical (unpaired) electrons. The van der Waals surface area contributed by atoms with Gasteiger partial charge in [-0.05, 0) is 60.1 Å². The van der Waals surface area contributed by atoms with E-state index in [1.165, 1.54) is 18.2 Å². The Morgan fingerprint density at radius 1 is 1.08 bits per heavy atom. The second-order valence-electron chi connectivity index (χ2n) is 9.88. The molecule has 0 spiro atoms. The van der Waals surface area contributed by atoms with E-state index in [1.807, 2.05) is 12.1 Å². The standard InChI is InChI=1S/C27H21F2N7/c1-26(2)17-6-8-27(26,21-7-9-32-25(34-21)15-10-14(12-30)24(31)33-13-15)23-16(17)11-20(35-36-23)22-18(28)4-3-5-19(22)29/h3-5,7,9-11,13,17H,6,8H2,1-2H3,(H2,31,33)/t17-,27-/m0/s1. The maximum absolute atomic E-state index is 14.5. The van der Waals surface area contributed by atoms with Crippen LogP contribution in [-0.2, 0) is 5.41 Å². The van der Waals surface area contributed by atoms with Gasteiger partial charge in [0.2, 0.25) is 0 Å². The molecule has 9 heteroatoms. The summed E-state index contributed by atoms with van der Waals surface area (Å²) in [5.74, 6) is -0.640. The summed E-state index contributed by atoms with van der Waals surface area (Å²) < 4.78 is 29.0. The lowest BCUT2D eigenvalue weighted by Crippen LogP contribution is -2.38. The normalized spacial score (nSPS) is 21.2. The van der Waals surface area contributed by atoms with Crippen LogP contribution in [0.2, 0.25) is 0 Å². The number of nitrogens with zero attached hydrogens (tertiary/aromatic N) is 6. The average Bonchev–Trinajstić information content (AvgIpc) is 3.25. The number of nitrogens with two attached hydrogens (primary N) is 1. The van der Waals surface area contributed by atoms with Crippen LogP contribution in [0.1, 0.15) is 55.1 Å². The summed E-state index contributed by atoms with van der Waals surface area (Å²) in [4.78, 5) is 13.4. The maximum Gasteiger partial charge on any atom is 0.161 e. The summed E-state index contributed by atoms with van der Waals surface area (Å²) in [5.41, 5.74) is 8.31. The van der Waals surface area contributed by atoms with Crippen LogP contribution in [0.4, 0.5) is 14.6 Å². The van der Waals surface area contributed by atoms with Crippen LogP contribution < -0.4 is 5.73 Å². The Bertz CT molecular complexity index is 1570. The highest BCUT2D eigenvalue weighted by Crippen LogP contribution is 2.69. The summed E-state index contributed by atoms with van der Waals surface area (Å²) in [6, 6.07) is 11.1. The van der Waals surface area contributed by atoms with E-state index in [2.05, 4.69) is 34.0 Å². The minimum Gasteiger partial charge on any atom is -0.383 e. The summed E-state index contributed by atoms with van der Waals surface area (Å²) in [6.45, 7) is 4.35. The molecular formula is C27H21F2N7. The van der Waals surface area contributed by atoms with Crippen molar-refractivity contribution in [1.29, 1.82) is 5.26 Å². The van der Waals surface area contributed by atoms with Crippen LogP contribution in [0, 0.1) is 28.4 Å². The summed E-state index contributed by atoms with van der Waals surface area (Å²) in [6.07, 6.45) is 4.92. The maximum atomic E-state index is 14.5. The number of nitriles is 1. The van der Waals surface area contributed by atoms with Crippen LogP contribution >= 0.6 is 0 Å². The van der Waals surface area contributed by atoms with Crippen LogP contribution in [0.15, 0.2) is 48.8 Å². The molecule has 2 aliphatic carbocycles. The van der Waals surface area contributed by atoms with E-state index < -0.39 is 17.0 Å². The van der Waals surface area contributed by atoms with Crippen molar-refractivity contribution in [3.63, 3.8) is 0 Å². The highest BCUT2D eigenvalue weighted by atomic mass is 19.1. The van der Waals surface area contributed by atoms with Crippen molar-refractivity contribution >= 4 is 5.82 Å². The van der Waals surface area contributed by atoms with E-state index in [4.69, 9.17) is 10.7 Å². The minimum atomic E-state index is -0.671. The number of fused-ring (bicyclic) bond motifs is 5. The number of halogens is 2. The topological polar surface area (TPSA) is 114 Å². The van der Waals surface area contributed by atoms with Gasteiger partial charge in [-0.1, -0.05) is 19.9 Å². The van der Waals surface area contributed by atoms with E-state index in [-0.39, 0.29) is 34.0 Å². The van der Waals surface area contributed by atoms with E-state index in [0.717, 1.165) is 29.8 Å². The smallest absolute Gasteiger partial charge is 0.161 e. The fraction of sp³-hybridized carbons (Fsp3) is 0.259. The first-order valence-electron chi connectivity index (χ1n) is 11.6. The van der Waals surface area contributed by atoms with Gasteiger partial charge in [0, 0.05) is 18.0 Å². The third kappa shape index (κ3) is 2.84. The van der Waals surface area contributed by atoms with Crippen molar-refractivity contribution in [2.45, 2.75) is 38.0 Å². The predicted octanol–water partition coefficient (Wildman–Crippen LogP) is 4.93. The van der Waals surface area contributed by atoms with E-state index >= 15 is 0 Å². The Morgan fingerprint density at radius 2 is 1.86 bits per heavy atom. The average molecular weight is 482 g/mol. The van der Waals surface area contributed by atoms with Crippen molar-refractivity contribution < 1.29 is 8.78 Å². The number of pyridine rings is 1. The van der Waals surface area contributed by atoms with Gasteiger partial charge in [-0.15, -0.1) is 5.10 Å². The Kier molecular flexibility index (Phi) is 4.67. The summed E-state index contributed by atoms with van der Waals surface area (Å²) >= 11 is 0. The molecular weight excluding hydrogens is 460 g/mol. The number of benzene rings is 1. The van der Waals surface area contributed by atoms with Crippen LogP contribution in [0.25, 0.3) is 22.6 Å². The Hall–Kier alpha value is -4.32. The third-order valence-corrected chi connectivity index (χ3v) is 7.99. The lowest BCUT2D eigenvalue weighted by atomic mass is 9.66. The molecule has 0 amide bonds. The highest BCUT2D eigenvalue weighted by molar-refractivity contribution is 5.65. The van der Waals surface area contributed by atoms with Gasteiger partial charge in [0.05, 0.1) is 33.6 Å². The van der Waals surface area contributed by atoms with Crippen molar-refractivity contribution in [2.75, 3.05) is 5.73 Å². The molecule has 2 N–H and O–H groups in total. The lowest BCUT2D eigenvalue weighted by molar-refractivity contribution is 0.243. The molecule has 2 aliphatic rings. The fourth-order valence-corrected chi connectivity index (χ4v) is 6.18. The molecule has 6 rings (SSSR count). The number of anilines is 1. The Balaban J connectivity index is 1.51. The monoisotopic (exact) mass is 481 g/mol. The van der Waals surface area contributed by atoms with Crippen LogP contribution in [-0.4, -0.2) is 25.1 Å². The first-order chi connectivity index (χ1) is 17.3. The zero-order valence-corrected chi connectivity index (χ0v) is 19.6.